The van der Waals surface area contributed by atoms with E-state index in [0.29, 0.717) is 35.1 Å². The topological polar surface area (TPSA) is 101 Å². The summed E-state index contributed by atoms with van der Waals surface area (Å²) in [4.78, 5) is 35.5. The summed E-state index contributed by atoms with van der Waals surface area (Å²) in [6.45, 7) is 9.17. The number of amides is 2. The largest absolute Gasteiger partial charge is 0.491 e. The summed E-state index contributed by atoms with van der Waals surface area (Å²) in [5.41, 5.74) is 12.7. The third-order valence-electron chi connectivity index (χ3n) is 8.19. The Hall–Kier alpha value is -3.66. The molecule has 2 fully saturated rings. The minimum Gasteiger partial charge on any atom is -0.491 e. The maximum atomic E-state index is 12.5. The number of carbonyl (C=O) groups excluding carboxylic acids is 2. The molecular weight excluding hydrogens is 542 g/mol. The van der Waals surface area contributed by atoms with E-state index in [1.165, 1.54) is 0 Å². The lowest BCUT2D eigenvalue weighted by Crippen LogP contribution is -2.48. The molecule has 0 atom stereocenters. The number of carbonyl (C=O) groups is 2. The van der Waals surface area contributed by atoms with E-state index in [4.69, 9.17) is 31.8 Å². The lowest BCUT2D eigenvalue weighted by molar-refractivity contribution is -0.130. The average Bonchev–Trinajstić information content (AvgIpc) is 3.36. The Labute approximate surface area is 244 Å². The van der Waals surface area contributed by atoms with Crippen LogP contribution in [0.25, 0.3) is 22.5 Å². The predicted molar refractivity (Wildman–Crippen MR) is 159 cm³/mol. The number of primary amides is 1. The predicted octanol–water partition coefficient (Wildman–Crippen LogP) is 3.45. The summed E-state index contributed by atoms with van der Waals surface area (Å²) in [6, 6.07) is 13.7. The summed E-state index contributed by atoms with van der Waals surface area (Å²) < 4.78 is 11.5. The average molecular weight is 576 g/mol. The number of hydrogen-bond donors (Lipinski definition) is 1. The summed E-state index contributed by atoms with van der Waals surface area (Å²) in [6.07, 6.45) is 0.617. The molecule has 6 rings (SSSR count). The van der Waals surface area contributed by atoms with Crippen molar-refractivity contribution in [1.29, 1.82) is 0 Å². The lowest BCUT2D eigenvalue weighted by Gasteiger charge is -2.34. The van der Waals surface area contributed by atoms with Crippen molar-refractivity contribution in [2.24, 2.45) is 5.73 Å². The van der Waals surface area contributed by atoms with Crippen LogP contribution >= 0.6 is 11.6 Å². The number of aromatic nitrogens is 1. The highest BCUT2D eigenvalue weighted by Crippen LogP contribution is 2.41. The van der Waals surface area contributed by atoms with Gasteiger partial charge in [0.05, 0.1) is 29.6 Å². The van der Waals surface area contributed by atoms with Crippen LogP contribution in [-0.4, -0.2) is 92.2 Å². The number of hydrogen-bond acceptors (Lipinski definition) is 7. The van der Waals surface area contributed by atoms with Crippen molar-refractivity contribution in [3.8, 4) is 28.3 Å². The van der Waals surface area contributed by atoms with Gasteiger partial charge in [-0.1, -0.05) is 17.7 Å². The first-order valence-electron chi connectivity index (χ1n) is 14.1. The van der Waals surface area contributed by atoms with E-state index in [1.807, 2.05) is 23.1 Å². The van der Waals surface area contributed by atoms with Crippen molar-refractivity contribution in [3.63, 3.8) is 0 Å². The summed E-state index contributed by atoms with van der Waals surface area (Å²) in [5.74, 6) is 0.243. The molecule has 214 valence electrons. The van der Waals surface area contributed by atoms with Gasteiger partial charge in [0.25, 0.3) is 0 Å². The number of morpholine rings is 1. The molecule has 3 aliphatic rings. The standard InChI is InChI=1S/C31H34ClN5O4/c1-20(38)36-8-6-35(7-9-36)10-15-41-29-5-2-21(18-27(29)32)28-19-26(31(33)39)25-17-22-16-23(37-11-13-40-14-12-37)3-4-24(22)30(25)34-28/h2-5,16,18-19H,6-15,17H2,1H3,(H2,33,39). The molecule has 3 aromatic rings. The Kier molecular flexibility index (Phi) is 7.84. The van der Waals surface area contributed by atoms with E-state index < -0.39 is 5.91 Å². The number of rotatable bonds is 7. The van der Waals surface area contributed by atoms with Crippen LogP contribution < -0.4 is 15.4 Å². The molecule has 9 nitrogen and oxygen atoms in total. The number of fused-ring (bicyclic) bond motifs is 3. The Bertz CT molecular complexity index is 1480. The molecule has 2 N–H and O–H groups in total. The molecule has 0 unspecified atom stereocenters. The first kappa shape index (κ1) is 27.5. The molecule has 2 aromatic carbocycles. The molecule has 0 radical (unpaired) electrons. The van der Waals surface area contributed by atoms with E-state index in [2.05, 4.69) is 28.0 Å². The molecule has 2 aliphatic heterocycles. The monoisotopic (exact) mass is 575 g/mol. The Morgan fingerprint density at radius 3 is 2.51 bits per heavy atom. The van der Waals surface area contributed by atoms with Gasteiger partial charge in [0.2, 0.25) is 11.8 Å². The number of piperazine rings is 1. The van der Waals surface area contributed by atoms with Gasteiger partial charge in [-0.15, -0.1) is 0 Å². The molecule has 10 heteroatoms. The van der Waals surface area contributed by atoms with Crippen LogP contribution in [0.4, 0.5) is 5.69 Å². The summed E-state index contributed by atoms with van der Waals surface area (Å²) in [5, 5.41) is 0.474. The van der Waals surface area contributed by atoms with Crippen molar-refractivity contribution in [3.05, 3.63) is 64.2 Å². The van der Waals surface area contributed by atoms with Crippen LogP contribution in [0.1, 0.15) is 28.4 Å². The van der Waals surface area contributed by atoms with Gasteiger partial charge < -0.3 is 25.0 Å². The van der Waals surface area contributed by atoms with Gasteiger partial charge in [-0.25, -0.2) is 4.98 Å². The van der Waals surface area contributed by atoms with E-state index in [0.717, 1.165) is 92.7 Å². The molecule has 1 aliphatic carbocycles. The highest BCUT2D eigenvalue weighted by Gasteiger charge is 2.27. The molecule has 41 heavy (non-hydrogen) atoms. The first-order chi connectivity index (χ1) is 19.9. The number of nitrogens with two attached hydrogens (primary N) is 1. The SMILES string of the molecule is CC(=O)N1CCN(CCOc2ccc(-c3cc(C(N)=O)c4c(n3)-c3ccc(N5CCOCC5)cc3C4)cc2Cl)CC1. The van der Waals surface area contributed by atoms with Crippen molar-refractivity contribution < 1.29 is 19.1 Å². The molecule has 2 amide bonds. The molecular formula is C31H34ClN5O4. The van der Waals surface area contributed by atoms with Crippen LogP contribution in [0, 0.1) is 0 Å². The van der Waals surface area contributed by atoms with Crippen LogP contribution in [0.2, 0.25) is 5.02 Å². The van der Waals surface area contributed by atoms with Crippen molar-refractivity contribution in [1.82, 2.24) is 14.8 Å². The van der Waals surface area contributed by atoms with Gasteiger partial charge in [0.1, 0.15) is 12.4 Å². The number of nitrogens with zero attached hydrogens (tertiary/aromatic N) is 4. The molecule has 0 bridgehead atoms. The van der Waals surface area contributed by atoms with Gasteiger partial charge in [-0.2, -0.15) is 0 Å². The van der Waals surface area contributed by atoms with Crippen molar-refractivity contribution in [2.75, 3.05) is 70.5 Å². The van der Waals surface area contributed by atoms with Crippen LogP contribution in [0.5, 0.6) is 5.75 Å². The number of ether oxygens (including phenoxy) is 2. The smallest absolute Gasteiger partial charge is 0.249 e. The van der Waals surface area contributed by atoms with Gasteiger partial charge in [0, 0.05) is 81.5 Å². The zero-order valence-electron chi connectivity index (χ0n) is 23.2. The minimum atomic E-state index is -0.471. The first-order valence-corrected chi connectivity index (χ1v) is 14.5. The van der Waals surface area contributed by atoms with E-state index in [-0.39, 0.29) is 5.91 Å². The van der Waals surface area contributed by atoms with Crippen LogP contribution in [0.3, 0.4) is 0 Å². The zero-order valence-corrected chi connectivity index (χ0v) is 24.0. The van der Waals surface area contributed by atoms with Gasteiger partial charge in [-0.3, -0.25) is 14.5 Å². The molecule has 0 saturated carbocycles. The fourth-order valence-electron chi connectivity index (χ4n) is 5.86. The van der Waals surface area contributed by atoms with Crippen molar-refractivity contribution in [2.45, 2.75) is 13.3 Å². The van der Waals surface area contributed by atoms with Crippen LogP contribution in [-0.2, 0) is 16.0 Å². The Morgan fingerprint density at radius 2 is 1.80 bits per heavy atom. The highest BCUT2D eigenvalue weighted by atomic mass is 35.5. The maximum Gasteiger partial charge on any atom is 0.249 e. The fraction of sp³-hybridized carbons (Fsp3) is 0.387. The number of benzene rings is 2. The van der Waals surface area contributed by atoms with Gasteiger partial charge in [-0.05, 0) is 47.5 Å². The molecule has 2 saturated heterocycles. The van der Waals surface area contributed by atoms with E-state index in [9.17, 15) is 9.59 Å². The molecule has 0 spiro atoms. The second-order valence-corrected chi connectivity index (χ2v) is 11.1. The van der Waals surface area contributed by atoms with Gasteiger partial charge in [0.15, 0.2) is 0 Å². The highest BCUT2D eigenvalue weighted by molar-refractivity contribution is 6.32. The minimum absolute atomic E-state index is 0.121. The Balaban J connectivity index is 1.19. The fourth-order valence-corrected chi connectivity index (χ4v) is 6.09. The second kappa shape index (κ2) is 11.7. The number of anilines is 1. The quantitative estimate of drug-likeness (QED) is 0.360. The van der Waals surface area contributed by atoms with Crippen LogP contribution in [0.15, 0.2) is 42.5 Å². The molecule has 1 aromatic heterocycles. The van der Waals surface area contributed by atoms with E-state index in [1.54, 1.807) is 13.0 Å². The number of pyridine rings is 1. The number of halogens is 1. The summed E-state index contributed by atoms with van der Waals surface area (Å²) >= 11 is 6.63. The van der Waals surface area contributed by atoms with E-state index >= 15 is 0 Å². The maximum absolute atomic E-state index is 12.5. The Morgan fingerprint density at radius 1 is 1.02 bits per heavy atom. The third kappa shape index (κ3) is 5.75. The normalized spacial score (nSPS) is 16.8. The lowest BCUT2D eigenvalue weighted by atomic mass is 10.0. The molecule has 3 heterocycles. The van der Waals surface area contributed by atoms with Crippen molar-refractivity contribution >= 4 is 29.1 Å². The second-order valence-electron chi connectivity index (χ2n) is 10.7. The van der Waals surface area contributed by atoms with Gasteiger partial charge >= 0.3 is 0 Å². The summed E-state index contributed by atoms with van der Waals surface area (Å²) in [7, 11) is 0. The zero-order chi connectivity index (χ0) is 28.5. The third-order valence-corrected chi connectivity index (χ3v) is 8.48.